The van der Waals surface area contributed by atoms with E-state index in [0.717, 1.165) is 0 Å². The lowest BCUT2D eigenvalue weighted by Gasteiger charge is -2.42. The third-order valence-corrected chi connectivity index (χ3v) is 2.50. The quantitative estimate of drug-likeness (QED) is 0.728. The van der Waals surface area contributed by atoms with Crippen LogP contribution in [-0.4, -0.2) is 29.8 Å². The molecule has 5 nitrogen and oxygen atoms in total. The van der Waals surface area contributed by atoms with E-state index in [1.165, 1.54) is 0 Å². The molecular weight excluding hydrogens is 210 g/mol. The third kappa shape index (κ3) is 2.46. The summed E-state index contributed by atoms with van der Waals surface area (Å²) < 4.78 is 9.84. The zero-order valence-electron chi connectivity index (χ0n) is 10.4. The molecule has 16 heavy (non-hydrogen) atoms. The average Bonchev–Trinajstić information content (AvgIpc) is 2.08. The molecule has 92 valence electrons. The molecule has 0 aromatic rings. The first-order chi connectivity index (χ1) is 7.17. The van der Waals surface area contributed by atoms with Crippen LogP contribution in [-0.2, 0) is 14.3 Å². The highest BCUT2D eigenvalue weighted by Crippen LogP contribution is 2.28. The first-order valence-corrected chi connectivity index (χ1v) is 5.36. The normalized spacial score (nSPS) is 24.8. The number of carbonyl (C=O) groups excluding carboxylic acids is 2. The van der Waals surface area contributed by atoms with E-state index < -0.39 is 23.2 Å². The summed E-state index contributed by atoms with van der Waals surface area (Å²) >= 11 is 0. The topological polar surface area (TPSA) is 64.6 Å². The van der Waals surface area contributed by atoms with E-state index in [-0.39, 0.29) is 12.5 Å². The Morgan fingerprint density at radius 1 is 1.50 bits per heavy atom. The predicted octanol–water partition coefficient (Wildman–Crippen LogP) is 1.46. The van der Waals surface area contributed by atoms with Crippen LogP contribution in [0.5, 0.6) is 0 Å². The minimum Gasteiger partial charge on any atom is -0.461 e. The number of ether oxygens (including phenoxy) is 2. The van der Waals surface area contributed by atoms with E-state index in [4.69, 9.17) is 9.47 Å². The van der Waals surface area contributed by atoms with Gasteiger partial charge in [0.15, 0.2) is 5.54 Å². The maximum absolute atomic E-state index is 11.6. The van der Waals surface area contributed by atoms with Crippen molar-refractivity contribution in [3.8, 4) is 0 Å². The molecule has 1 amide bonds. The summed E-state index contributed by atoms with van der Waals surface area (Å²) in [5, 5.41) is 2.60. The lowest BCUT2D eigenvalue weighted by molar-refractivity contribution is -0.180. The third-order valence-electron chi connectivity index (χ3n) is 2.50. The highest BCUT2D eigenvalue weighted by Gasteiger charge is 2.53. The van der Waals surface area contributed by atoms with Crippen LogP contribution in [0.1, 0.15) is 34.6 Å². The Hall–Kier alpha value is -1.26. The fourth-order valence-corrected chi connectivity index (χ4v) is 1.41. The van der Waals surface area contributed by atoms with Crippen molar-refractivity contribution in [1.82, 2.24) is 5.32 Å². The summed E-state index contributed by atoms with van der Waals surface area (Å²) in [6.45, 7) is 9.24. The standard InChI is InChI=1S/C11H19NO4/c1-7(2)11(6-15-8(11)13)12-9(14)16-10(3,4)5/h7H,6H2,1-5H3,(H,12,14). The van der Waals surface area contributed by atoms with Gasteiger partial charge in [0.2, 0.25) is 0 Å². The van der Waals surface area contributed by atoms with Crippen LogP contribution in [0.4, 0.5) is 4.79 Å². The van der Waals surface area contributed by atoms with Gasteiger partial charge < -0.3 is 14.8 Å². The summed E-state index contributed by atoms with van der Waals surface area (Å²) in [5.74, 6) is -0.422. The summed E-state index contributed by atoms with van der Waals surface area (Å²) in [6.07, 6.45) is -0.585. The molecule has 5 heteroatoms. The van der Waals surface area contributed by atoms with Crippen LogP contribution in [0.25, 0.3) is 0 Å². The molecular formula is C11H19NO4. The lowest BCUT2D eigenvalue weighted by Crippen LogP contribution is -2.69. The predicted molar refractivity (Wildman–Crippen MR) is 57.9 cm³/mol. The van der Waals surface area contributed by atoms with Gasteiger partial charge in [-0.3, -0.25) is 0 Å². The van der Waals surface area contributed by atoms with Gasteiger partial charge in [-0.25, -0.2) is 9.59 Å². The number of carbonyl (C=O) groups is 2. The second-order valence-electron chi connectivity index (χ2n) is 5.33. The van der Waals surface area contributed by atoms with Crippen LogP contribution in [0.15, 0.2) is 0 Å². The minimum absolute atomic E-state index is 0.0266. The average molecular weight is 229 g/mol. The Morgan fingerprint density at radius 2 is 2.06 bits per heavy atom. The molecule has 1 atom stereocenters. The van der Waals surface area contributed by atoms with Crippen molar-refractivity contribution in [2.75, 3.05) is 6.61 Å². The molecule has 0 radical (unpaired) electrons. The van der Waals surface area contributed by atoms with Crippen molar-refractivity contribution in [1.29, 1.82) is 0 Å². The summed E-state index contributed by atoms with van der Waals surface area (Å²) in [6, 6.07) is 0. The van der Waals surface area contributed by atoms with Crippen molar-refractivity contribution < 1.29 is 19.1 Å². The van der Waals surface area contributed by atoms with Gasteiger partial charge in [-0.15, -0.1) is 0 Å². The molecule has 1 aliphatic heterocycles. The molecule has 1 N–H and O–H groups in total. The van der Waals surface area contributed by atoms with Crippen LogP contribution in [0, 0.1) is 5.92 Å². The molecule has 0 bridgehead atoms. The lowest BCUT2D eigenvalue weighted by atomic mass is 9.84. The number of amides is 1. The highest BCUT2D eigenvalue weighted by molar-refractivity contribution is 5.90. The molecule has 0 aliphatic carbocycles. The van der Waals surface area contributed by atoms with Gasteiger partial charge in [0, 0.05) is 0 Å². The van der Waals surface area contributed by atoms with E-state index in [2.05, 4.69) is 5.32 Å². The van der Waals surface area contributed by atoms with Gasteiger partial charge in [-0.05, 0) is 26.7 Å². The van der Waals surface area contributed by atoms with Gasteiger partial charge in [0.1, 0.15) is 12.2 Å². The Balaban J connectivity index is 2.65. The van der Waals surface area contributed by atoms with Gasteiger partial charge >= 0.3 is 12.1 Å². The Morgan fingerprint density at radius 3 is 2.31 bits per heavy atom. The number of esters is 1. The second-order valence-corrected chi connectivity index (χ2v) is 5.33. The van der Waals surface area contributed by atoms with Crippen molar-refractivity contribution in [2.45, 2.75) is 45.8 Å². The number of alkyl carbamates (subject to hydrolysis) is 1. The fraction of sp³-hybridized carbons (Fsp3) is 0.818. The van der Waals surface area contributed by atoms with Crippen molar-refractivity contribution in [2.24, 2.45) is 5.92 Å². The zero-order chi connectivity index (χ0) is 12.6. The van der Waals surface area contributed by atoms with Gasteiger partial charge in [-0.1, -0.05) is 13.8 Å². The molecule has 1 unspecified atom stereocenters. The highest BCUT2D eigenvalue weighted by atomic mass is 16.6. The summed E-state index contributed by atoms with van der Waals surface area (Å²) in [7, 11) is 0. The summed E-state index contributed by atoms with van der Waals surface area (Å²) in [5.41, 5.74) is -1.49. The first-order valence-electron chi connectivity index (χ1n) is 5.36. The van der Waals surface area contributed by atoms with Crippen molar-refractivity contribution in [3.05, 3.63) is 0 Å². The molecule has 1 saturated heterocycles. The second kappa shape index (κ2) is 3.96. The number of nitrogens with one attached hydrogen (secondary N) is 1. The maximum Gasteiger partial charge on any atom is 0.408 e. The molecule has 1 heterocycles. The van der Waals surface area contributed by atoms with Crippen LogP contribution >= 0.6 is 0 Å². The number of rotatable bonds is 2. The number of cyclic esters (lactones) is 1. The molecule has 0 spiro atoms. The Kier molecular flexibility index (Phi) is 3.17. The van der Waals surface area contributed by atoms with Crippen LogP contribution in [0.3, 0.4) is 0 Å². The van der Waals surface area contributed by atoms with E-state index in [0.29, 0.717) is 0 Å². The Bertz CT molecular complexity index is 306. The summed E-state index contributed by atoms with van der Waals surface area (Å²) in [4.78, 5) is 23.0. The SMILES string of the molecule is CC(C)C1(NC(=O)OC(C)(C)C)COC1=O. The maximum atomic E-state index is 11.6. The fourth-order valence-electron chi connectivity index (χ4n) is 1.41. The largest absolute Gasteiger partial charge is 0.461 e. The minimum atomic E-state index is -0.914. The molecule has 0 saturated carbocycles. The van der Waals surface area contributed by atoms with Gasteiger partial charge in [-0.2, -0.15) is 0 Å². The number of hydrogen-bond acceptors (Lipinski definition) is 4. The monoisotopic (exact) mass is 229 g/mol. The van der Waals surface area contributed by atoms with E-state index >= 15 is 0 Å². The van der Waals surface area contributed by atoms with Crippen LogP contribution < -0.4 is 5.32 Å². The van der Waals surface area contributed by atoms with Crippen LogP contribution in [0.2, 0.25) is 0 Å². The van der Waals surface area contributed by atoms with Crippen molar-refractivity contribution in [3.63, 3.8) is 0 Å². The molecule has 1 rings (SSSR count). The van der Waals surface area contributed by atoms with E-state index in [9.17, 15) is 9.59 Å². The first kappa shape index (κ1) is 12.8. The molecule has 0 aromatic heterocycles. The van der Waals surface area contributed by atoms with E-state index in [1.807, 2.05) is 13.8 Å². The Labute approximate surface area is 95.5 Å². The number of hydrogen-bond donors (Lipinski definition) is 1. The van der Waals surface area contributed by atoms with Gasteiger partial charge in [0.25, 0.3) is 0 Å². The zero-order valence-corrected chi connectivity index (χ0v) is 10.4. The van der Waals surface area contributed by atoms with E-state index in [1.54, 1.807) is 20.8 Å². The van der Waals surface area contributed by atoms with Crippen molar-refractivity contribution >= 4 is 12.1 Å². The molecule has 1 aliphatic rings. The smallest absolute Gasteiger partial charge is 0.408 e. The molecule has 1 fully saturated rings. The molecule has 0 aromatic carbocycles. The van der Waals surface area contributed by atoms with Gasteiger partial charge in [0.05, 0.1) is 0 Å².